The Morgan fingerprint density at radius 3 is 3.00 bits per heavy atom. The van der Waals surface area contributed by atoms with Crippen molar-refractivity contribution < 1.29 is 0 Å². The molecule has 0 aliphatic rings. The van der Waals surface area contributed by atoms with E-state index in [2.05, 4.69) is 10.2 Å². The fourth-order valence-electron chi connectivity index (χ4n) is 0.900. The molecule has 2 heterocycles. The summed E-state index contributed by atoms with van der Waals surface area (Å²) in [5.74, 6) is 6.28. The third kappa shape index (κ3) is 1.05. The van der Waals surface area contributed by atoms with Gasteiger partial charge < -0.3 is 5.84 Å². The van der Waals surface area contributed by atoms with E-state index >= 15 is 0 Å². The molecule has 6 heteroatoms. The average molecular weight is 198 g/mol. The first-order chi connectivity index (χ1) is 5.79. The molecule has 0 unspecified atom stereocenters. The van der Waals surface area contributed by atoms with Crippen molar-refractivity contribution in [3.63, 3.8) is 0 Å². The average Bonchev–Trinajstić information content (AvgIpc) is 2.64. The minimum Gasteiger partial charge on any atom is -0.335 e. The van der Waals surface area contributed by atoms with Crippen molar-refractivity contribution in [1.29, 1.82) is 0 Å². The first-order valence-electron chi connectivity index (χ1n) is 3.24. The number of nitrogens with zero attached hydrogens (tertiary/aromatic N) is 2. The summed E-state index contributed by atoms with van der Waals surface area (Å²) in [6.07, 6.45) is 0. The van der Waals surface area contributed by atoms with Gasteiger partial charge in [0.15, 0.2) is 5.82 Å². The summed E-state index contributed by atoms with van der Waals surface area (Å²) in [5, 5.41) is 10.5. The van der Waals surface area contributed by atoms with Gasteiger partial charge in [0, 0.05) is 10.9 Å². The maximum Gasteiger partial charge on any atom is 0.214 e. The number of H-pyrrole nitrogens is 1. The van der Waals surface area contributed by atoms with E-state index in [1.165, 1.54) is 4.68 Å². The molecule has 62 valence electrons. The molecule has 0 radical (unpaired) electrons. The number of hydrogen-bond donors (Lipinski definition) is 2. The maximum atomic E-state index is 5.62. The van der Waals surface area contributed by atoms with Gasteiger partial charge in [-0.3, -0.25) is 0 Å². The summed E-state index contributed by atoms with van der Waals surface area (Å²) >= 11 is 6.47. The highest BCUT2D eigenvalue weighted by molar-refractivity contribution is 7.71. The maximum absolute atomic E-state index is 5.62. The first-order valence-corrected chi connectivity index (χ1v) is 4.59. The largest absolute Gasteiger partial charge is 0.335 e. The Bertz CT molecular complexity index is 425. The van der Waals surface area contributed by atoms with Crippen LogP contribution in [0.4, 0.5) is 0 Å². The molecule has 4 nitrogen and oxygen atoms in total. The fraction of sp³-hybridized carbons (Fsp3) is 0. The Balaban J connectivity index is 2.62. The van der Waals surface area contributed by atoms with Crippen molar-refractivity contribution >= 4 is 23.6 Å². The summed E-state index contributed by atoms with van der Waals surface area (Å²) in [6.45, 7) is 0. The van der Waals surface area contributed by atoms with E-state index < -0.39 is 0 Å². The molecule has 0 aromatic carbocycles. The van der Waals surface area contributed by atoms with Crippen molar-refractivity contribution in [1.82, 2.24) is 14.9 Å². The lowest BCUT2D eigenvalue weighted by Crippen LogP contribution is -2.09. The predicted octanol–water partition coefficient (Wildman–Crippen LogP) is 1.38. The first kappa shape index (κ1) is 7.51. The highest BCUT2D eigenvalue weighted by atomic mass is 32.1. The van der Waals surface area contributed by atoms with Crippen LogP contribution < -0.4 is 5.84 Å². The second kappa shape index (κ2) is 2.72. The normalized spacial score (nSPS) is 10.3. The molecule has 2 aromatic heterocycles. The Morgan fingerprint density at radius 2 is 2.50 bits per heavy atom. The van der Waals surface area contributed by atoms with Crippen molar-refractivity contribution in [3.8, 4) is 11.4 Å². The molecule has 0 saturated heterocycles. The molecule has 0 aliphatic heterocycles. The molecule has 0 amide bonds. The van der Waals surface area contributed by atoms with E-state index in [9.17, 15) is 0 Å². The summed E-state index contributed by atoms with van der Waals surface area (Å²) in [6, 6.07) is 1.94. The summed E-state index contributed by atoms with van der Waals surface area (Å²) in [5.41, 5.74) is 0.981. The van der Waals surface area contributed by atoms with Crippen molar-refractivity contribution in [2.45, 2.75) is 0 Å². The van der Waals surface area contributed by atoms with Crippen LogP contribution in [0, 0.1) is 4.77 Å². The predicted molar refractivity (Wildman–Crippen MR) is 50.9 cm³/mol. The van der Waals surface area contributed by atoms with Crippen LogP contribution in [-0.4, -0.2) is 14.9 Å². The third-order valence-electron chi connectivity index (χ3n) is 1.48. The van der Waals surface area contributed by atoms with Gasteiger partial charge in [0.25, 0.3) is 0 Å². The number of aromatic nitrogens is 3. The molecule has 12 heavy (non-hydrogen) atoms. The molecule has 3 N–H and O–H groups in total. The molecule has 0 aliphatic carbocycles. The zero-order valence-electron chi connectivity index (χ0n) is 6.02. The van der Waals surface area contributed by atoms with Gasteiger partial charge in [0.05, 0.1) is 0 Å². The van der Waals surface area contributed by atoms with E-state index in [1.54, 1.807) is 11.3 Å². The van der Waals surface area contributed by atoms with Crippen LogP contribution >= 0.6 is 23.6 Å². The van der Waals surface area contributed by atoms with Crippen LogP contribution in [0.5, 0.6) is 0 Å². The molecule has 0 saturated carbocycles. The van der Waals surface area contributed by atoms with Crippen molar-refractivity contribution in [2.24, 2.45) is 0 Å². The zero-order valence-corrected chi connectivity index (χ0v) is 7.65. The van der Waals surface area contributed by atoms with Gasteiger partial charge in [0.2, 0.25) is 4.77 Å². The Morgan fingerprint density at radius 1 is 1.67 bits per heavy atom. The van der Waals surface area contributed by atoms with E-state index in [0.29, 0.717) is 10.6 Å². The van der Waals surface area contributed by atoms with E-state index in [1.807, 2.05) is 16.8 Å². The number of nitrogen functional groups attached to an aromatic ring is 1. The molecule has 2 rings (SSSR count). The molecule has 0 atom stereocenters. The van der Waals surface area contributed by atoms with Crippen LogP contribution in [0.25, 0.3) is 11.4 Å². The number of thiophene rings is 1. The van der Waals surface area contributed by atoms with Crippen LogP contribution in [0.15, 0.2) is 16.8 Å². The fourth-order valence-corrected chi connectivity index (χ4v) is 1.67. The lowest BCUT2D eigenvalue weighted by Gasteiger charge is -1.94. The highest BCUT2D eigenvalue weighted by Crippen LogP contribution is 2.17. The zero-order chi connectivity index (χ0) is 8.55. The number of nitrogens with two attached hydrogens (primary N) is 1. The van der Waals surface area contributed by atoms with Crippen LogP contribution in [-0.2, 0) is 0 Å². The van der Waals surface area contributed by atoms with E-state index in [-0.39, 0.29) is 0 Å². The number of nitrogens with one attached hydrogen (secondary N) is 1. The molecule has 0 bridgehead atoms. The minimum atomic E-state index is 0.427. The smallest absolute Gasteiger partial charge is 0.214 e. The van der Waals surface area contributed by atoms with E-state index in [0.717, 1.165) is 5.56 Å². The lowest BCUT2D eigenvalue weighted by atomic mass is 10.3. The van der Waals surface area contributed by atoms with Crippen LogP contribution in [0.1, 0.15) is 0 Å². The van der Waals surface area contributed by atoms with Gasteiger partial charge in [-0.2, -0.15) is 16.4 Å². The van der Waals surface area contributed by atoms with Gasteiger partial charge in [-0.05, 0) is 23.7 Å². The molecule has 0 fully saturated rings. The minimum absolute atomic E-state index is 0.427. The van der Waals surface area contributed by atoms with Crippen molar-refractivity contribution in [2.75, 3.05) is 5.84 Å². The van der Waals surface area contributed by atoms with Gasteiger partial charge in [-0.1, -0.05) is 0 Å². The van der Waals surface area contributed by atoms with Gasteiger partial charge in [0.1, 0.15) is 0 Å². The van der Waals surface area contributed by atoms with E-state index in [4.69, 9.17) is 18.1 Å². The molecular formula is C6H6N4S2. The van der Waals surface area contributed by atoms with Gasteiger partial charge in [-0.15, -0.1) is 0 Å². The summed E-state index contributed by atoms with van der Waals surface area (Å²) < 4.78 is 1.79. The van der Waals surface area contributed by atoms with Crippen molar-refractivity contribution in [3.05, 3.63) is 21.6 Å². The number of aromatic amines is 1. The molecule has 0 spiro atoms. The Kier molecular flexibility index (Phi) is 1.70. The number of rotatable bonds is 1. The molecular weight excluding hydrogens is 192 g/mol. The second-order valence-electron chi connectivity index (χ2n) is 2.23. The highest BCUT2D eigenvalue weighted by Gasteiger charge is 2.05. The second-order valence-corrected chi connectivity index (χ2v) is 3.40. The Labute approximate surface area is 77.6 Å². The SMILES string of the molecule is Nn1c(-c2ccsc2)n[nH]c1=S. The van der Waals surface area contributed by atoms with Crippen LogP contribution in [0.2, 0.25) is 0 Å². The summed E-state index contributed by atoms with van der Waals surface area (Å²) in [4.78, 5) is 0. The lowest BCUT2D eigenvalue weighted by molar-refractivity contribution is 0.985. The molecule has 2 aromatic rings. The van der Waals surface area contributed by atoms with Gasteiger partial charge in [-0.25, -0.2) is 9.77 Å². The number of hydrogen-bond acceptors (Lipinski definition) is 4. The Hall–Kier alpha value is -1.14. The quantitative estimate of drug-likeness (QED) is 0.537. The standard InChI is InChI=1S/C6H6N4S2/c7-10-5(8-9-6(10)11)4-1-2-12-3-4/h1-3H,7H2,(H,9,11). The third-order valence-corrected chi connectivity index (χ3v) is 2.46. The van der Waals surface area contributed by atoms with Gasteiger partial charge >= 0.3 is 0 Å². The summed E-state index contributed by atoms with van der Waals surface area (Å²) in [7, 11) is 0. The monoisotopic (exact) mass is 198 g/mol. The van der Waals surface area contributed by atoms with Crippen LogP contribution in [0.3, 0.4) is 0 Å². The topological polar surface area (TPSA) is 59.6 Å².